The van der Waals surface area contributed by atoms with Gasteiger partial charge in [0.1, 0.15) is 5.76 Å². The van der Waals surface area contributed by atoms with E-state index in [2.05, 4.69) is 48.5 Å². The first-order valence-electron chi connectivity index (χ1n) is 14.1. The van der Waals surface area contributed by atoms with Crippen LogP contribution < -0.4 is 0 Å². The fourth-order valence-corrected chi connectivity index (χ4v) is 11.1. The summed E-state index contributed by atoms with van der Waals surface area (Å²) in [6, 6.07) is 0. The molecule has 5 rings (SSSR count). The molecular weight excluding hydrogens is 420 g/mol. The molecule has 0 amide bonds. The molecular formula is C31H50O3. The standard InChI is InChI=1S/C31H50O3/c1-20-22(34-8)17-21(33)25-28(5)14-16-30(7)24-18-26(2,3)11-12-27(24,4)13-15-29(30,6)23(28)9-10-31(20,25)19-32/h17,20,23-25,32H,9-16,18-19H2,1-8H3/t20-,23-,24+,25-,27+,28+,29+,30-,31-/m0/s1. The molecule has 0 bridgehead atoms. The van der Waals surface area contributed by atoms with Crippen molar-refractivity contribution in [3.05, 3.63) is 11.8 Å². The Labute approximate surface area is 208 Å². The largest absolute Gasteiger partial charge is 0.501 e. The average molecular weight is 471 g/mol. The molecule has 0 spiro atoms. The van der Waals surface area contributed by atoms with Crippen molar-refractivity contribution in [1.29, 1.82) is 0 Å². The number of hydrogen-bond acceptors (Lipinski definition) is 3. The van der Waals surface area contributed by atoms with Crippen LogP contribution in [0.2, 0.25) is 0 Å². The van der Waals surface area contributed by atoms with Crippen LogP contribution in [0.5, 0.6) is 0 Å². The Bertz CT molecular complexity index is 904. The number of methoxy groups -OCH3 is 1. The first-order chi connectivity index (χ1) is 15.7. The monoisotopic (exact) mass is 470 g/mol. The van der Waals surface area contributed by atoms with Crippen LogP contribution in [-0.4, -0.2) is 24.6 Å². The smallest absolute Gasteiger partial charge is 0.163 e. The molecule has 9 atom stereocenters. The topological polar surface area (TPSA) is 46.5 Å². The van der Waals surface area contributed by atoms with Gasteiger partial charge in [-0.1, -0.05) is 48.5 Å². The zero-order valence-electron chi connectivity index (χ0n) is 23.2. The van der Waals surface area contributed by atoms with Gasteiger partial charge < -0.3 is 9.84 Å². The molecule has 0 radical (unpaired) electrons. The number of allylic oxidation sites excluding steroid dienone is 2. The number of rotatable bonds is 2. The normalized spacial score (nSPS) is 54.1. The second-order valence-electron chi connectivity index (χ2n) is 15.2. The van der Waals surface area contributed by atoms with Gasteiger partial charge in [0.25, 0.3) is 0 Å². The zero-order chi connectivity index (χ0) is 24.9. The molecule has 3 nitrogen and oxygen atoms in total. The third-order valence-corrected chi connectivity index (χ3v) is 13.5. The number of carbonyl (C=O) groups is 1. The number of carbonyl (C=O) groups excluding carboxylic acids is 1. The Morgan fingerprint density at radius 2 is 1.53 bits per heavy atom. The SMILES string of the molecule is COC1=CC(=O)[C@H]2[C@]3(C)CC[C@@]4(C)[C@@H]5CC(C)(C)CC[C@]5(C)CC[C@]4(C)[C@H]3CC[C@]2(CO)[C@H]1C. The molecule has 0 aliphatic heterocycles. The lowest BCUT2D eigenvalue weighted by molar-refractivity contribution is -0.255. The predicted octanol–water partition coefficient (Wildman–Crippen LogP) is 7.18. The van der Waals surface area contributed by atoms with Crippen LogP contribution in [0.25, 0.3) is 0 Å². The van der Waals surface area contributed by atoms with Gasteiger partial charge in [-0.3, -0.25) is 4.79 Å². The third-order valence-electron chi connectivity index (χ3n) is 13.5. The number of aliphatic hydroxyl groups is 1. The minimum atomic E-state index is -0.386. The highest BCUT2D eigenvalue weighted by molar-refractivity contribution is 5.95. The van der Waals surface area contributed by atoms with Gasteiger partial charge >= 0.3 is 0 Å². The van der Waals surface area contributed by atoms with Crippen LogP contribution >= 0.6 is 0 Å². The summed E-state index contributed by atoms with van der Waals surface area (Å²) in [6.45, 7) is 17.6. The van der Waals surface area contributed by atoms with Crippen molar-refractivity contribution in [3.63, 3.8) is 0 Å². The highest BCUT2D eigenvalue weighted by Crippen LogP contribution is 2.78. The summed E-state index contributed by atoms with van der Waals surface area (Å²) in [4.78, 5) is 13.8. The van der Waals surface area contributed by atoms with Crippen LogP contribution in [0.4, 0.5) is 0 Å². The molecule has 0 unspecified atom stereocenters. The highest BCUT2D eigenvalue weighted by atomic mass is 16.5. The molecule has 0 heterocycles. The molecule has 0 saturated heterocycles. The van der Waals surface area contributed by atoms with Crippen molar-refractivity contribution in [1.82, 2.24) is 0 Å². The van der Waals surface area contributed by atoms with Crippen LogP contribution in [0, 0.1) is 56.2 Å². The van der Waals surface area contributed by atoms with E-state index in [1.165, 1.54) is 38.5 Å². The van der Waals surface area contributed by atoms with E-state index in [9.17, 15) is 9.90 Å². The maximum Gasteiger partial charge on any atom is 0.163 e. The lowest BCUT2D eigenvalue weighted by Crippen LogP contribution is -2.69. The average Bonchev–Trinajstić information content (AvgIpc) is 2.78. The van der Waals surface area contributed by atoms with Gasteiger partial charge in [0, 0.05) is 23.3 Å². The summed E-state index contributed by atoms with van der Waals surface area (Å²) >= 11 is 0. The molecule has 0 aromatic heterocycles. The Hall–Kier alpha value is -0.830. The number of aliphatic hydroxyl groups excluding tert-OH is 1. The summed E-state index contributed by atoms with van der Waals surface area (Å²) < 4.78 is 5.66. The molecule has 5 aliphatic carbocycles. The van der Waals surface area contributed by atoms with Gasteiger partial charge in [-0.05, 0) is 96.7 Å². The van der Waals surface area contributed by atoms with Gasteiger partial charge in [0.2, 0.25) is 0 Å². The molecule has 5 aliphatic rings. The molecule has 4 saturated carbocycles. The molecule has 34 heavy (non-hydrogen) atoms. The summed E-state index contributed by atoms with van der Waals surface area (Å²) in [5.74, 6) is 2.25. The lowest BCUT2D eigenvalue weighted by atomic mass is 9.30. The van der Waals surface area contributed by atoms with Crippen LogP contribution in [0.3, 0.4) is 0 Å². The Morgan fingerprint density at radius 1 is 0.912 bits per heavy atom. The summed E-state index contributed by atoms with van der Waals surface area (Å²) in [6.07, 6.45) is 12.9. The minimum Gasteiger partial charge on any atom is -0.501 e. The van der Waals surface area contributed by atoms with Crippen molar-refractivity contribution in [2.45, 2.75) is 106 Å². The predicted molar refractivity (Wildman–Crippen MR) is 137 cm³/mol. The van der Waals surface area contributed by atoms with E-state index in [1.807, 2.05) is 0 Å². The Kier molecular flexibility index (Phi) is 5.38. The van der Waals surface area contributed by atoms with E-state index >= 15 is 0 Å². The Morgan fingerprint density at radius 3 is 2.18 bits per heavy atom. The molecule has 0 aromatic carbocycles. The summed E-state index contributed by atoms with van der Waals surface area (Å²) in [5.41, 5.74) is 1.01. The third kappa shape index (κ3) is 2.88. The number of ether oxygens (including phenoxy) is 1. The number of fused-ring (bicyclic) bond motifs is 7. The van der Waals surface area contributed by atoms with E-state index in [1.54, 1.807) is 13.2 Å². The van der Waals surface area contributed by atoms with Gasteiger partial charge in [0.15, 0.2) is 5.78 Å². The number of ketones is 1. The van der Waals surface area contributed by atoms with E-state index < -0.39 is 0 Å². The van der Waals surface area contributed by atoms with E-state index in [-0.39, 0.29) is 40.5 Å². The second kappa shape index (κ2) is 7.36. The molecule has 1 N–H and O–H groups in total. The van der Waals surface area contributed by atoms with Crippen molar-refractivity contribution >= 4 is 5.78 Å². The van der Waals surface area contributed by atoms with E-state index in [0.29, 0.717) is 22.2 Å². The lowest BCUT2D eigenvalue weighted by Gasteiger charge is -2.74. The minimum absolute atomic E-state index is 0.0612. The van der Waals surface area contributed by atoms with Crippen LogP contribution in [0.1, 0.15) is 106 Å². The van der Waals surface area contributed by atoms with Gasteiger partial charge in [-0.15, -0.1) is 0 Å². The molecule has 0 aromatic rings. The van der Waals surface area contributed by atoms with Crippen molar-refractivity contribution in [3.8, 4) is 0 Å². The van der Waals surface area contributed by atoms with Crippen LogP contribution in [0.15, 0.2) is 11.8 Å². The first-order valence-corrected chi connectivity index (χ1v) is 14.1. The quantitative estimate of drug-likeness (QED) is 0.465. The van der Waals surface area contributed by atoms with E-state index in [4.69, 9.17) is 4.74 Å². The zero-order valence-corrected chi connectivity index (χ0v) is 23.2. The fourth-order valence-electron chi connectivity index (χ4n) is 11.1. The molecule has 4 fully saturated rings. The van der Waals surface area contributed by atoms with Gasteiger partial charge in [-0.2, -0.15) is 0 Å². The van der Waals surface area contributed by atoms with Crippen molar-refractivity contribution in [2.75, 3.05) is 13.7 Å². The van der Waals surface area contributed by atoms with Gasteiger partial charge in [-0.25, -0.2) is 0 Å². The fraction of sp³-hybridized carbons (Fsp3) is 0.903. The van der Waals surface area contributed by atoms with Gasteiger partial charge in [0.05, 0.1) is 13.7 Å². The highest BCUT2D eigenvalue weighted by Gasteiger charge is 2.72. The summed E-state index contributed by atoms with van der Waals surface area (Å²) in [7, 11) is 1.67. The van der Waals surface area contributed by atoms with Crippen LogP contribution in [-0.2, 0) is 9.53 Å². The van der Waals surface area contributed by atoms with E-state index in [0.717, 1.165) is 30.9 Å². The maximum absolute atomic E-state index is 13.8. The molecule has 192 valence electrons. The Balaban J connectivity index is 1.59. The maximum atomic E-state index is 13.8. The second-order valence-corrected chi connectivity index (χ2v) is 15.2. The van der Waals surface area contributed by atoms with Crippen molar-refractivity contribution in [2.24, 2.45) is 56.2 Å². The number of hydrogen-bond donors (Lipinski definition) is 1. The summed E-state index contributed by atoms with van der Waals surface area (Å²) in [5, 5.41) is 10.8. The first kappa shape index (κ1) is 24.8. The van der Waals surface area contributed by atoms with Crippen molar-refractivity contribution < 1.29 is 14.6 Å². The molecule has 3 heteroatoms.